The van der Waals surface area contributed by atoms with Crippen LogP contribution in [0.1, 0.15) is 12.8 Å². The summed E-state index contributed by atoms with van der Waals surface area (Å²) in [5, 5.41) is 25.4. The van der Waals surface area contributed by atoms with Crippen LogP contribution in [0.2, 0.25) is 0 Å². The second-order valence-electron chi connectivity index (χ2n) is 5.05. The van der Waals surface area contributed by atoms with E-state index in [9.17, 15) is 23.3 Å². The zero-order chi connectivity index (χ0) is 16.5. The van der Waals surface area contributed by atoms with Crippen LogP contribution in [-0.4, -0.2) is 37.5 Å². The summed E-state index contributed by atoms with van der Waals surface area (Å²) in [5.74, 6) is -1.62. The first kappa shape index (κ1) is 16.2. The number of benzene rings is 1. The number of nitrogens with zero attached hydrogens (tertiary/aromatic N) is 2. The second kappa shape index (κ2) is 5.89. The van der Waals surface area contributed by atoms with E-state index in [0.29, 0.717) is 19.4 Å². The number of carboxylic acid groups (broad SMARTS) is 1. The maximum Gasteiger partial charge on any atom is 0.312 e. The van der Waals surface area contributed by atoms with E-state index in [1.165, 1.54) is 17.0 Å². The number of nitrogens with two attached hydrogens (primary N) is 1. The van der Waals surface area contributed by atoms with Gasteiger partial charge in [-0.15, -0.1) is 0 Å². The average Bonchev–Trinajstić information content (AvgIpc) is 2.45. The molecule has 0 radical (unpaired) electrons. The van der Waals surface area contributed by atoms with Crippen molar-refractivity contribution in [1.82, 2.24) is 0 Å². The molecular weight excluding hydrogens is 314 g/mol. The van der Waals surface area contributed by atoms with Gasteiger partial charge in [0.1, 0.15) is 5.69 Å². The van der Waals surface area contributed by atoms with E-state index in [1.807, 2.05) is 0 Å². The molecule has 1 unspecified atom stereocenters. The van der Waals surface area contributed by atoms with Gasteiger partial charge in [0.15, 0.2) is 4.90 Å². The molecule has 1 heterocycles. The fraction of sp³-hybridized carbons (Fsp3) is 0.417. The van der Waals surface area contributed by atoms with Crippen molar-refractivity contribution in [2.75, 3.05) is 18.0 Å². The highest BCUT2D eigenvalue weighted by Gasteiger charge is 2.33. The minimum atomic E-state index is -4.25. The van der Waals surface area contributed by atoms with Crippen LogP contribution in [0.3, 0.4) is 0 Å². The lowest BCUT2D eigenvalue weighted by Gasteiger charge is -2.32. The summed E-state index contributed by atoms with van der Waals surface area (Å²) in [7, 11) is -4.25. The minimum Gasteiger partial charge on any atom is -0.481 e. The van der Waals surface area contributed by atoms with Gasteiger partial charge in [0, 0.05) is 13.1 Å². The zero-order valence-corrected chi connectivity index (χ0v) is 12.3. The van der Waals surface area contributed by atoms with Gasteiger partial charge in [-0.1, -0.05) is 6.07 Å². The molecule has 120 valence electrons. The maximum atomic E-state index is 11.5. The number of nitro groups is 1. The number of piperidine rings is 1. The van der Waals surface area contributed by atoms with E-state index < -0.39 is 37.4 Å². The predicted octanol–water partition coefficient (Wildman–Crippen LogP) is 0.543. The van der Waals surface area contributed by atoms with Crippen LogP contribution in [0.25, 0.3) is 0 Å². The maximum absolute atomic E-state index is 11.5. The molecule has 0 amide bonds. The third-order valence-electron chi connectivity index (χ3n) is 3.58. The van der Waals surface area contributed by atoms with E-state index in [0.717, 1.165) is 6.07 Å². The third kappa shape index (κ3) is 3.17. The summed E-state index contributed by atoms with van der Waals surface area (Å²) >= 11 is 0. The Morgan fingerprint density at radius 3 is 2.68 bits per heavy atom. The molecule has 0 spiro atoms. The van der Waals surface area contributed by atoms with Crippen LogP contribution in [0.4, 0.5) is 11.4 Å². The van der Waals surface area contributed by atoms with Crippen molar-refractivity contribution >= 4 is 27.4 Å². The molecule has 0 aromatic heterocycles. The summed E-state index contributed by atoms with van der Waals surface area (Å²) < 4.78 is 23.1. The largest absolute Gasteiger partial charge is 0.481 e. The molecule has 1 aliphatic rings. The molecule has 1 fully saturated rings. The first-order valence-corrected chi connectivity index (χ1v) is 8.04. The number of para-hydroxylation sites is 1. The molecule has 10 heteroatoms. The van der Waals surface area contributed by atoms with Crippen molar-refractivity contribution in [1.29, 1.82) is 0 Å². The Balaban J connectivity index is 2.51. The average molecular weight is 329 g/mol. The number of primary sulfonamides is 1. The van der Waals surface area contributed by atoms with Crippen molar-refractivity contribution in [3.63, 3.8) is 0 Å². The standard InChI is InChI=1S/C12H15N3O6S/c13-22(20,21)10-5-1-4-9(11(10)15(18)19)14-6-2-3-8(7-14)12(16)17/h1,4-5,8H,2-3,6-7H2,(H,16,17)(H2,13,20,21). The topological polar surface area (TPSA) is 144 Å². The molecule has 1 aromatic rings. The molecule has 1 saturated heterocycles. The van der Waals surface area contributed by atoms with Gasteiger partial charge in [-0.05, 0) is 25.0 Å². The van der Waals surface area contributed by atoms with Gasteiger partial charge >= 0.3 is 11.7 Å². The number of carbonyl (C=O) groups is 1. The highest BCUT2D eigenvalue weighted by atomic mass is 32.2. The van der Waals surface area contributed by atoms with Crippen LogP contribution in [0, 0.1) is 16.0 Å². The Labute approximate surface area is 126 Å². The van der Waals surface area contributed by atoms with Crippen LogP contribution in [0.15, 0.2) is 23.1 Å². The number of sulfonamides is 1. The van der Waals surface area contributed by atoms with Gasteiger partial charge in [-0.25, -0.2) is 13.6 Å². The molecule has 0 aliphatic carbocycles. The summed E-state index contributed by atoms with van der Waals surface area (Å²) in [5.41, 5.74) is -0.543. The number of anilines is 1. The number of aliphatic carboxylic acids is 1. The first-order chi connectivity index (χ1) is 10.2. The van der Waals surface area contributed by atoms with Gasteiger partial charge in [0.2, 0.25) is 10.0 Å². The number of nitro benzene ring substituents is 1. The lowest BCUT2D eigenvalue weighted by atomic mass is 9.97. The first-order valence-electron chi connectivity index (χ1n) is 6.49. The Hall–Kier alpha value is -2.20. The number of hydrogen-bond acceptors (Lipinski definition) is 6. The summed E-state index contributed by atoms with van der Waals surface area (Å²) in [4.78, 5) is 22.5. The lowest BCUT2D eigenvalue weighted by molar-refractivity contribution is -0.387. The molecule has 0 saturated carbocycles. The fourth-order valence-corrected chi connectivity index (χ4v) is 3.29. The Bertz CT molecular complexity index is 718. The van der Waals surface area contributed by atoms with Crippen molar-refractivity contribution < 1.29 is 23.2 Å². The van der Waals surface area contributed by atoms with Crippen LogP contribution < -0.4 is 10.0 Å². The highest BCUT2D eigenvalue weighted by molar-refractivity contribution is 7.89. The minimum absolute atomic E-state index is 0.0717. The lowest BCUT2D eigenvalue weighted by Crippen LogP contribution is -2.39. The number of hydrogen-bond donors (Lipinski definition) is 2. The summed E-state index contributed by atoms with van der Waals surface area (Å²) in [6.45, 7) is 0.503. The third-order valence-corrected chi connectivity index (χ3v) is 4.52. The SMILES string of the molecule is NS(=O)(=O)c1cccc(N2CCCC(C(=O)O)C2)c1[N+](=O)[O-]. The van der Waals surface area contributed by atoms with Crippen LogP contribution >= 0.6 is 0 Å². The van der Waals surface area contributed by atoms with Gasteiger partial charge in [0.25, 0.3) is 0 Å². The number of rotatable bonds is 4. The van der Waals surface area contributed by atoms with Gasteiger partial charge in [0.05, 0.1) is 10.8 Å². The van der Waals surface area contributed by atoms with Crippen LogP contribution in [0.5, 0.6) is 0 Å². The molecule has 0 bridgehead atoms. The number of carboxylic acids is 1. The van der Waals surface area contributed by atoms with Crippen molar-refractivity contribution in [2.24, 2.45) is 11.1 Å². The van der Waals surface area contributed by atoms with Crippen molar-refractivity contribution in [3.8, 4) is 0 Å². The predicted molar refractivity (Wildman–Crippen MR) is 77.0 cm³/mol. The van der Waals surface area contributed by atoms with E-state index in [4.69, 9.17) is 10.2 Å². The summed E-state index contributed by atoms with van der Waals surface area (Å²) in [6, 6.07) is 3.82. The molecule has 22 heavy (non-hydrogen) atoms. The van der Waals surface area contributed by atoms with Crippen LogP contribution in [-0.2, 0) is 14.8 Å². The Morgan fingerprint density at radius 2 is 2.14 bits per heavy atom. The summed E-state index contributed by atoms with van der Waals surface area (Å²) in [6.07, 6.45) is 1.03. The smallest absolute Gasteiger partial charge is 0.312 e. The van der Waals surface area contributed by atoms with E-state index >= 15 is 0 Å². The highest BCUT2D eigenvalue weighted by Crippen LogP contribution is 2.36. The fourth-order valence-electron chi connectivity index (χ4n) is 2.58. The quantitative estimate of drug-likeness (QED) is 0.606. The normalized spacial score (nSPS) is 19.0. The second-order valence-corrected chi connectivity index (χ2v) is 6.58. The van der Waals surface area contributed by atoms with E-state index in [-0.39, 0.29) is 12.2 Å². The molecular formula is C12H15N3O6S. The zero-order valence-electron chi connectivity index (χ0n) is 11.5. The van der Waals surface area contributed by atoms with Gasteiger partial charge in [-0.3, -0.25) is 14.9 Å². The van der Waals surface area contributed by atoms with Gasteiger partial charge in [-0.2, -0.15) is 0 Å². The molecule has 9 nitrogen and oxygen atoms in total. The van der Waals surface area contributed by atoms with E-state index in [1.54, 1.807) is 0 Å². The molecule has 2 rings (SSSR count). The molecule has 1 aliphatic heterocycles. The van der Waals surface area contributed by atoms with Crippen molar-refractivity contribution in [3.05, 3.63) is 28.3 Å². The molecule has 1 aromatic carbocycles. The Kier molecular flexibility index (Phi) is 4.33. The van der Waals surface area contributed by atoms with E-state index in [2.05, 4.69) is 0 Å². The van der Waals surface area contributed by atoms with Crippen molar-refractivity contribution in [2.45, 2.75) is 17.7 Å². The van der Waals surface area contributed by atoms with Gasteiger partial charge < -0.3 is 10.0 Å². The molecule has 1 atom stereocenters. The monoisotopic (exact) mass is 329 g/mol. The molecule has 3 N–H and O–H groups in total. The Morgan fingerprint density at radius 1 is 1.45 bits per heavy atom.